The fourth-order valence-electron chi connectivity index (χ4n) is 3.11. The van der Waals surface area contributed by atoms with Crippen LogP contribution in [0.5, 0.6) is 0 Å². The van der Waals surface area contributed by atoms with Gasteiger partial charge in [0.05, 0.1) is 5.02 Å². The van der Waals surface area contributed by atoms with Gasteiger partial charge in [0.2, 0.25) is 0 Å². The van der Waals surface area contributed by atoms with E-state index in [4.69, 9.17) is 11.6 Å². The molecule has 1 unspecified atom stereocenters. The molecule has 2 aromatic carbocycles. The Bertz CT molecular complexity index is 1260. The third-order valence-corrected chi connectivity index (χ3v) is 4.86. The van der Waals surface area contributed by atoms with Crippen LogP contribution >= 0.6 is 11.6 Å². The number of amides is 3. The lowest BCUT2D eigenvalue weighted by molar-refractivity contribution is 0.102. The zero-order chi connectivity index (χ0) is 23.2. The van der Waals surface area contributed by atoms with Crippen LogP contribution in [0.3, 0.4) is 0 Å². The number of carbonyl (C=O) groups is 2. The number of aryl methyl sites for hydroxylation is 1. The minimum absolute atomic E-state index is 0.355. The first-order valence-corrected chi connectivity index (χ1v) is 10.4. The van der Waals surface area contributed by atoms with Gasteiger partial charge in [0, 0.05) is 17.4 Å². The molecule has 2 aromatic heterocycles. The number of urea groups is 1. The molecule has 4 aromatic rings. The van der Waals surface area contributed by atoms with Crippen molar-refractivity contribution in [3.8, 4) is 0 Å². The maximum absolute atomic E-state index is 12.8. The van der Waals surface area contributed by atoms with Crippen LogP contribution < -0.4 is 16.0 Å². The van der Waals surface area contributed by atoms with E-state index in [2.05, 4.69) is 36.1 Å². The molecule has 10 heteroatoms. The standard InChI is InChI=1S/C23H20ClN7O2/c1-14-26-21(31-30-14)20(15-6-3-2-4-7-15)29-23(33)27-18-9-5-8-16(12-18)22(32)28-19-11-10-17(24)13-25-19/h2-13,20H,1H3,(H,25,28,32)(H,26,30,31)(H2,27,29,33). The Balaban J connectivity index is 1.46. The van der Waals surface area contributed by atoms with Gasteiger partial charge in [-0.3, -0.25) is 9.89 Å². The molecule has 33 heavy (non-hydrogen) atoms. The van der Waals surface area contributed by atoms with E-state index in [9.17, 15) is 9.59 Å². The Kier molecular flexibility index (Phi) is 6.61. The number of nitrogens with one attached hydrogen (secondary N) is 4. The first-order valence-electron chi connectivity index (χ1n) is 10.0. The normalized spacial score (nSPS) is 11.5. The Morgan fingerprint density at radius 3 is 2.52 bits per heavy atom. The van der Waals surface area contributed by atoms with E-state index in [-0.39, 0.29) is 5.91 Å². The zero-order valence-corrected chi connectivity index (χ0v) is 18.3. The molecule has 0 fully saturated rings. The van der Waals surface area contributed by atoms with Gasteiger partial charge in [0.1, 0.15) is 17.7 Å². The Labute approximate surface area is 194 Å². The molecule has 1 atom stereocenters. The topological polar surface area (TPSA) is 125 Å². The number of hydrogen-bond acceptors (Lipinski definition) is 5. The number of rotatable bonds is 6. The highest BCUT2D eigenvalue weighted by Gasteiger charge is 2.21. The average Bonchev–Trinajstić information content (AvgIpc) is 3.25. The van der Waals surface area contributed by atoms with Crippen molar-refractivity contribution in [3.05, 3.63) is 101 Å². The molecule has 4 rings (SSSR count). The smallest absolute Gasteiger partial charge is 0.320 e. The Hall–Kier alpha value is -4.24. The minimum atomic E-state index is -0.557. The molecule has 2 heterocycles. The molecule has 0 bridgehead atoms. The third-order valence-electron chi connectivity index (χ3n) is 4.63. The van der Waals surface area contributed by atoms with Crippen molar-refractivity contribution < 1.29 is 9.59 Å². The molecule has 0 spiro atoms. The lowest BCUT2D eigenvalue weighted by Gasteiger charge is -2.17. The van der Waals surface area contributed by atoms with E-state index in [0.29, 0.717) is 33.7 Å². The second-order valence-corrected chi connectivity index (χ2v) is 7.55. The predicted molar refractivity (Wildman–Crippen MR) is 125 cm³/mol. The number of benzene rings is 2. The molecule has 0 aliphatic rings. The summed E-state index contributed by atoms with van der Waals surface area (Å²) in [6.07, 6.45) is 1.44. The predicted octanol–water partition coefficient (Wildman–Crippen LogP) is 4.32. The summed E-state index contributed by atoms with van der Waals surface area (Å²) in [6.45, 7) is 1.79. The summed E-state index contributed by atoms with van der Waals surface area (Å²) >= 11 is 5.82. The quantitative estimate of drug-likeness (QED) is 0.340. The Morgan fingerprint density at radius 2 is 1.82 bits per heavy atom. The molecule has 0 saturated carbocycles. The van der Waals surface area contributed by atoms with Crippen molar-refractivity contribution in [1.29, 1.82) is 0 Å². The summed E-state index contributed by atoms with van der Waals surface area (Å²) < 4.78 is 0. The van der Waals surface area contributed by atoms with Crippen LogP contribution in [0.4, 0.5) is 16.3 Å². The lowest BCUT2D eigenvalue weighted by atomic mass is 10.1. The van der Waals surface area contributed by atoms with Gasteiger partial charge in [-0.05, 0) is 42.8 Å². The summed E-state index contributed by atoms with van der Waals surface area (Å²) in [5.41, 5.74) is 1.63. The van der Waals surface area contributed by atoms with Gasteiger partial charge < -0.3 is 16.0 Å². The summed E-state index contributed by atoms with van der Waals surface area (Å²) in [7, 11) is 0. The molecule has 0 aliphatic heterocycles. The fraction of sp³-hybridized carbons (Fsp3) is 0.0870. The number of aromatic nitrogens is 4. The second-order valence-electron chi connectivity index (χ2n) is 7.12. The van der Waals surface area contributed by atoms with Crippen LogP contribution in [0.15, 0.2) is 72.9 Å². The summed E-state index contributed by atoms with van der Waals surface area (Å²) in [5.74, 6) is 1.08. The van der Waals surface area contributed by atoms with E-state index >= 15 is 0 Å². The molecule has 166 valence electrons. The Morgan fingerprint density at radius 1 is 1.00 bits per heavy atom. The van der Waals surface area contributed by atoms with E-state index < -0.39 is 12.1 Å². The van der Waals surface area contributed by atoms with Crippen LogP contribution in [0, 0.1) is 6.92 Å². The third kappa shape index (κ3) is 5.72. The summed E-state index contributed by atoms with van der Waals surface area (Å²) in [4.78, 5) is 33.7. The van der Waals surface area contributed by atoms with Crippen molar-refractivity contribution in [1.82, 2.24) is 25.5 Å². The highest BCUT2D eigenvalue weighted by atomic mass is 35.5. The van der Waals surface area contributed by atoms with Crippen molar-refractivity contribution >= 4 is 35.0 Å². The number of pyridine rings is 1. The number of anilines is 2. The second kappa shape index (κ2) is 9.92. The highest BCUT2D eigenvalue weighted by molar-refractivity contribution is 6.30. The largest absolute Gasteiger partial charge is 0.324 e. The van der Waals surface area contributed by atoms with E-state index in [1.165, 1.54) is 6.20 Å². The molecular formula is C23H20ClN7O2. The summed E-state index contributed by atoms with van der Waals surface area (Å²) in [6, 6.07) is 18.2. The average molecular weight is 462 g/mol. The minimum Gasteiger partial charge on any atom is -0.324 e. The van der Waals surface area contributed by atoms with Gasteiger partial charge in [0.15, 0.2) is 5.82 Å². The number of aromatic amines is 1. The number of hydrogen-bond donors (Lipinski definition) is 4. The van der Waals surface area contributed by atoms with Crippen LogP contribution in [0.25, 0.3) is 0 Å². The number of H-pyrrole nitrogens is 1. The van der Waals surface area contributed by atoms with Crippen molar-refractivity contribution in [2.45, 2.75) is 13.0 Å². The van der Waals surface area contributed by atoms with Crippen LogP contribution in [0.1, 0.15) is 33.6 Å². The molecular weight excluding hydrogens is 442 g/mol. The molecule has 3 amide bonds. The zero-order valence-electron chi connectivity index (χ0n) is 17.5. The van der Waals surface area contributed by atoms with Crippen molar-refractivity contribution in [2.24, 2.45) is 0 Å². The number of nitrogens with zero attached hydrogens (tertiary/aromatic N) is 3. The first kappa shape index (κ1) is 22.0. The van der Waals surface area contributed by atoms with Gasteiger partial charge in [0.25, 0.3) is 5.91 Å². The number of carbonyl (C=O) groups excluding carboxylic acids is 2. The molecule has 0 saturated heterocycles. The first-order chi connectivity index (χ1) is 16.0. The molecule has 4 N–H and O–H groups in total. The fourth-order valence-corrected chi connectivity index (χ4v) is 3.22. The number of halogens is 1. The molecule has 0 aliphatic carbocycles. The van der Waals surface area contributed by atoms with Crippen LogP contribution in [-0.2, 0) is 0 Å². The maximum atomic E-state index is 12.8. The maximum Gasteiger partial charge on any atom is 0.320 e. The highest BCUT2D eigenvalue weighted by Crippen LogP contribution is 2.20. The van der Waals surface area contributed by atoms with Crippen LogP contribution in [-0.4, -0.2) is 32.1 Å². The SMILES string of the molecule is Cc1nc(C(NC(=O)Nc2cccc(C(=O)Nc3ccc(Cl)cn3)c2)c2ccccc2)n[nH]1. The van der Waals surface area contributed by atoms with Crippen LogP contribution in [0.2, 0.25) is 5.02 Å². The van der Waals surface area contributed by atoms with E-state index in [0.717, 1.165) is 5.56 Å². The molecule has 0 radical (unpaired) electrons. The van der Waals surface area contributed by atoms with Crippen molar-refractivity contribution in [3.63, 3.8) is 0 Å². The van der Waals surface area contributed by atoms with Crippen molar-refractivity contribution in [2.75, 3.05) is 10.6 Å². The van der Waals surface area contributed by atoms with Gasteiger partial charge in [-0.15, -0.1) is 0 Å². The van der Waals surface area contributed by atoms with E-state index in [1.54, 1.807) is 43.3 Å². The van der Waals surface area contributed by atoms with Gasteiger partial charge in [-0.2, -0.15) is 5.10 Å². The summed E-state index contributed by atoms with van der Waals surface area (Å²) in [5, 5.41) is 15.8. The van der Waals surface area contributed by atoms with E-state index in [1.807, 2.05) is 30.3 Å². The van der Waals surface area contributed by atoms with Gasteiger partial charge in [-0.25, -0.2) is 14.8 Å². The lowest BCUT2D eigenvalue weighted by Crippen LogP contribution is -2.34. The van der Waals surface area contributed by atoms with Gasteiger partial charge in [-0.1, -0.05) is 48.0 Å². The monoisotopic (exact) mass is 461 g/mol. The van der Waals surface area contributed by atoms with Gasteiger partial charge >= 0.3 is 6.03 Å². The molecule has 9 nitrogen and oxygen atoms in total.